The molecule has 1 heterocycles. The largest absolute Gasteiger partial charge is 0.507 e. The lowest BCUT2D eigenvalue weighted by atomic mass is 10.1. The number of hydrogen-bond donors (Lipinski definition) is 2. The molecule has 108 valence electrons. The third-order valence-corrected chi connectivity index (χ3v) is 3.89. The molecule has 0 saturated carbocycles. The maximum Gasteiger partial charge on any atom is 0.275 e. The molecule has 0 radical (unpaired) electrons. The fourth-order valence-electron chi connectivity index (χ4n) is 2.12. The number of phenols is 1. The number of hydrazone groups is 1. The minimum atomic E-state index is -0.394. The topological polar surface area (TPSA) is 64.9 Å². The molecule has 2 N–H and O–H groups in total. The van der Waals surface area contributed by atoms with Crippen LogP contribution in [-0.2, 0) is 0 Å². The molecule has 0 aromatic heterocycles. The van der Waals surface area contributed by atoms with E-state index in [9.17, 15) is 9.90 Å². The Balaban J connectivity index is 1.97. The molecule has 1 amide bonds. The third kappa shape index (κ3) is 3.80. The van der Waals surface area contributed by atoms with Crippen LogP contribution in [0.3, 0.4) is 0 Å². The van der Waals surface area contributed by atoms with Crippen molar-refractivity contribution < 1.29 is 9.90 Å². The van der Waals surface area contributed by atoms with Crippen LogP contribution in [0, 0.1) is 0 Å². The third-order valence-electron chi connectivity index (χ3n) is 3.40. The number of amides is 1. The Morgan fingerprint density at radius 1 is 1.45 bits per heavy atom. The first-order chi connectivity index (χ1) is 9.60. The maximum atomic E-state index is 12.0. The Morgan fingerprint density at radius 3 is 2.80 bits per heavy atom. The molecular formula is C14H18BrN3O2. The highest BCUT2D eigenvalue weighted by molar-refractivity contribution is 9.10. The number of benzene rings is 1. The lowest BCUT2D eigenvalue weighted by molar-refractivity contribution is 0.0951. The molecule has 1 aromatic rings. The Kier molecular flexibility index (Phi) is 5.14. The summed E-state index contributed by atoms with van der Waals surface area (Å²) < 4.78 is 0.740. The molecule has 1 aliphatic heterocycles. The Hall–Kier alpha value is -1.40. The van der Waals surface area contributed by atoms with Crippen LogP contribution in [0.4, 0.5) is 0 Å². The second-order valence-electron chi connectivity index (χ2n) is 4.71. The van der Waals surface area contributed by atoms with E-state index in [1.54, 1.807) is 12.1 Å². The number of phenolic OH excluding ortho intramolecular Hbond substituents is 1. The van der Waals surface area contributed by atoms with Gasteiger partial charge in [0.05, 0.1) is 5.56 Å². The zero-order valence-electron chi connectivity index (χ0n) is 11.4. The quantitative estimate of drug-likeness (QED) is 0.831. The number of rotatable bonds is 3. The van der Waals surface area contributed by atoms with Crippen LogP contribution in [0.2, 0.25) is 0 Å². The van der Waals surface area contributed by atoms with E-state index in [2.05, 4.69) is 38.3 Å². The van der Waals surface area contributed by atoms with Gasteiger partial charge in [-0.3, -0.25) is 4.79 Å². The van der Waals surface area contributed by atoms with E-state index in [0.717, 1.165) is 42.7 Å². The van der Waals surface area contributed by atoms with Crippen molar-refractivity contribution in [2.75, 3.05) is 19.6 Å². The highest BCUT2D eigenvalue weighted by Gasteiger charge is 2.15. The van der Waals surface area contributed by atoms with Gasteiger partial charge in [0.2, 0.25) is 0 Å². The lowest BCUT2D eigenvalue weighted by Crippen LogP contribution is -2.34. The summed E-state index contributed by atoms with van der Waals surface area (Å²) in [7, 11) is 0. The highest BCUT2D eigenvalue weighted by Crippen LogP contribution is 2.21. The first-order valence-electron chi connectivity index (χ1n) is 6.66. The Labute approximate surface area is 126 Å². The SMILES string of the molecule is CCN1CCC(=NNC(=O)c2cc(Br)ccc2O)CC1. The van der Waals surface area contributed by atoms with Crippen molar-refractivity contribution in [1.29, 1.82) is 0 Å². The van der Waals surface area contributed by atoms with E-state index < -0.39 is 5.91 Å². The van der Waals surface area contributed by atoms with Crippen LogP contribution in [0.25, 0.3) is 0 Å². The average molecular weight is 340 g/mol. The van der Waals surface area contributed by atoms with Gasteiger partial charge in [0.15, 0.2) is 0 Å². The summed E-state index contributed by atoms with van der Waals surface area (Å²) >= 11 is 3.27. The number of nitrogens with zero attached hydrogens (tertiary/aromatic N) is 2. The number of aromatic hydroxyl groups is 1. The van der Waals surface area contributed by atoms with Crippen molar-refractivity contribution in [2.24, 2.45) is 5.10 Å². The number of carbonyl (C=O) groups excluding carboxylic acids is 1. The number of nitrogens with one attached hydrogen (secondary N) is 1. The van der Waals surface area contributed by atoms with Gasteiger partial charge < -0.3 is 10.0 Å². The second-order valence-corrected chi connectivity index (χ2v) is 5.63. The minimum absolute atomic E-state index is 0.0493. The number of likely N-dealkylation sites (tertiary alicyclic amines) is 1. The molecule has 0 spiro atoms. The lowest BCUT2D eigenvalue weighted by Gasteiger charge is -2.25. The highest BCUT2D eigenvalue weighted by atomic mass is 79.9. The molecule has 0 unspecified atom stereocenters. The van der Waals surface area contributed by atoms with Gasteiger partial charge in [-0.25, -0.2) is 5.43 Å². The Bertz CT molecular complexity index is 521. The normalized spacial score (nSPS) is 16.0. The van der Waals surface area contributed by atoms with Crippen LogP contribution in [-0.4, -0.2) is 41.3 Å². The van der Waals surface area contributed by atoms with E-state index in [1.807, 2.05) is 0 Å². The van der Waals surface area contributed by atoms with Crippen molar-refractivity contribution in [3.63, 3.8) is 0 Å². The first-order valence-corrected chi connectivity index (χ1v) is 7.46. The second kappa shape index (κ2) is 6.85. The standard InChI is InChI=1S/C14H18BrN3O2/c1-2-18-7-5-11(6-8-18)16-17-14(20)12-9-10(15)3-4-13(12)19/h3-4,9,19H,2,5-8H2,1H3,(H,17,20). The van der Waals surface area contributed by atoms with Crippen molar-refractivity contribution >= 4 is 27.5 Å². The molecule has 2 rings (SSSR count). The van der Waals surface area contributed by atoms with Crippen LogP contribution < -0.4 is 5.43 Å². The number of halogens is 1. The predicted octanol–water partition coefficient (Wildman–Crippen LogP) is 2.36. The summed E-state index contributed by atoms with van der Waals surface area (Å²) in [5.74, 6) is -0.444. The van der Waals surface area contributed by atoms with Crippen molar-refractivity contribution in [1.82, 2.24) is 10.3 Å². The summed E-state index contributed by atoms with van der Waals surface area (Å²) in [5.41, 5.74) is 3.73. The van der Waals surface area contributed by atoms with E-state index in [1.165, 1.54) is 6.07 Å². The molecule has 0 atom stereocenters. The van der Waals surface area contributed by atoms with Gasteiger partial charge in [-0.15, -0.1) is 0 Å². The number of piperidine rings is 1. The Morgan fingerprint density at radius 2 is 2.15 bits per heavy atom. The van der Waals surface area contributed by atoms with E-state index in [0.29, 0.717) is 0 Å². The molecule has 20 heavy (non-hydrogen) atoms. The van der Waals surface area contributed by atoms with Crippen molar-refractivity contribution in [2.45, 2.75) is 19.8 Å². The molecule has 0 aliphatic carbocycles. The summed E-state index contributed by atoms with van der Waals surface area (Å²) in [6.45, 7) is 5.15. The van der Waals surface area contributed by atoms with Gasteiger partial charge in [0.1, 0.15) is 5.75 Å². The van der Waals surface area contributed by atoms with Gasteiger partial charge in [-0.2, -0.15) is 5.10 Å². The van der Waals surface area contributed by atoms with Gasteiger partial charge >= 0.3 is 0 Å². The zero-order valence-corrected chi connectivity index (χ0v) is 13.0. The molecule has 1 aliphatic rings. The van der Waals surface area contributed by atoms with E-state index in [4.69, 9.17) is 0 Å². The summed E-state index contributed by atoms with van der Waals surface area (Å²) in [5, 5.41) is 13.8. The van der Waals surface area contributed by atoms with E-state index >= 15 is 0 Å². The molecule has 1 saturated heterocycles. The fraction of sp³-hybridized carbons (Fsp3) is 0.429. The zero-order chi connectivity index (χ0) is 14.5. The van der Waals surface area contributed by atoms with E-state index in [-0.39, 0.29) is 11.3 Å². The van der Waals surface area contributed by atoms with Gasteiger partial charge in [0, 0.05) is 36.1 Å². The van der Waals surface area contributed by atoms with Crippen LogP contribution >= 0.6 is 15.9 Å². The summed E-state index contributed by atoms with van der Waals surface area (Å²) in [4.78, 5) is 14.3. The smallest absolute Gasteiger partial charge is 0.275 e. The molecule has 1 aromatic carbocycles. The maximum absolute atomic E-state index is 12.0. The van der Waals surface area contributed by atoms with Gasteiger partial charge in [-0.1, -0.05) is 22.9 Å². The van der Waals surface area contributed by atoms with Crippen LogP contribution in [0.15, 0.2) is 27.8 Å². The average Bonchev–Trinajstić information content (AvgIpc) is 2.47. The summed E-state index contributed by atoms with van der Waals surface area (Å²) in [6, 6.07) is 4.73. The van der Waals surface area contributed by atoms with Crippen LogP contribution in [0.1, 0.15) is 30.1 Å². The van der Waals surface area contributed by atoms with Gasteiger partial charge in [-0.05, 0) is 24.7 Å². The van der Waals surface area contributed by atoms with Crippen molar-refractivity contribution in [3.8, 4) is 5.75 Å². The van der Waals surface area contributed by atoms with Crippen molar-refractivity contribution in [3.05, 3.63) is 28.2 Å². The molecule has 6 heteroatoms. The summed E-state index contributed by atoms with van der Waals surface area (Å²) in [6.07, 6.45) is 1.75. The van der Waals surface area contributed by atoms with Crippen LogP contribution in [0.5, 0.6) is 5.75 Å². The number of carbonyl (C=O) groups is 1. The molecular weight excluding hydrogens is 322 g/mol. The van der Waals surface area contributed by atoms with Gasteiger partial charge in [0.25, 0.3) is 5.91 Å². The minimum Gasteiger partial charge on any atom is -0.507 e. The number of hydrogen-bond acceptors (Lipinski definition) is 4. The monoisotopic (exact) mass is 339 g/mol. The molecule has 5 nitrogen and oxygen atoms in total. The predicted molar refractivity (Wildman–Crippen MR) is 82.1 cm³/mol. The molecule has 1 fully saturated rings. The first kappa shape index (κ1) is 15.0. The fourth-order valence-corrected chi connectivity index (χ4v) is 2.48. The molecule has 0 bridgehead atoms.